The van der Waals surface area contributed by atoms with Crippen LogP contribution < -0.4 is 0 Å². The second-order valence-corrected chi connectivity index (χ2v) is 5.92. The number of rotatable bonds is 1. The highest BCUT2D eigenvalue weighted by Crippen LogP contribution is 2.25. The molecule has 4 rings (SSSR count). The number of para-hydroxylation sites is 1. The van der Waals surface area contributed by atoms with Crippen molar-refractivity contribution in [2.45, 2.75) is 13.0 Å². The van der Waals surface area contributed by atoms with Crippen LogP contribution in [0.5, 0.6) is 0 Å². The molecule has 110 valence electrons. The first-order chi connectivity index (χ1) is 10.7. The first-order valence-electron chi connectivity index (χ1n) is 7.64. The first kappa shape index (κ1) is 13.1. The number of carbonyl (C=O) groups excluding carboxylic acids is 1. The summed E-state index contributed by atoms with van der Waals surface area (Å²) in [5.41, 5.74) is 4.53. The van der Waals surface area contributed by atoms with E-state index in [0.29, 0.717) is 6.54 Å². The minimum absolute atomic E-state index is 0.131. The molecule has 3 heteroatoms. The van der Waals surface area contributed by atoms with Crippen molar-refractivity contribution in [1.82, 2.24) is 9.47 Å². The molecule has 0 saturated heterocycles. The molecule has 0 aliphatic carbocycles. The number of aromatic nitrogens is 1. The first-order valence-corrected chi connectivity index (χ1v) is 7.64. The number of benzene rings is 2. The largest absolute Gasteiger partial charge is 0.350 e. The Morgan fingerprint density at radius 1 is 1.00 bits per heavy atom. The molecule has 2 heterocycles. The van der Waals surface area contributed by atoms with E-state index in [4.69, 9.17) is 0 Å². The Morgan fingerprint density at radius 3 is 2.59 bits per heavy atom. The van der Waals surface area contributed by atoms with Crippen molar-refractivity contribution in [3.05, 3.63) is 71.4 Å². The van der Waals surface area contributed by atoms with E-state index in [-0.39, 0.29) is 5.91 Å². The van der Waals surface area contributed by atoms with Crippen LogP contribution in [0.2, 0.25) is 0 Å². The van der Waals surface area contributed by atoms with Gasteiger partial charge >= 0.3 is 0 Å². The lowest BCUT2D eigenvalue weighted by Gasteiger charge is -2.28. The number of aryl methyl sites for hydroxylation is 1. The summed E-state index contributed by atoms with van der Waals surface area (Å²) in [6.07, 6.45) is 2.89. The molecule has 1 aliphatic rings. The number of carbonyl (C=O) groups is 1. The third-order valence-electron chi connectivity index (χ3n) is 4.55. The zero-order valence-electron chi connectivity index (χ0n) is 12.6. The van der Waals surface area contributed by atoms with Gasteiger partial charge < -0.3 is 9.47 Å². The number of fused-ring (bicyclic) bond motifs is 2. The number of hydrogen-bond acceptors (Lipinski definition) is 1. The quantitative estimate of drug-likeness (QED) is 0.674. The molecule has 1 amide bonds. The third-order valence-corrected chi connectivity index (χ3v) is 4.55. The minimum atomic E-state index is 0.131. The fourth-order valence-electron chi connectivity index (χ4n) is 3.35. The summed E-state index contributed by atoms with van der Waals surface area (Å²) in [5.74, 6) is 0.131. The molecule has 0 unspecified atom stereocenters. The van der Waals surface area contributed by atoms with Gasteiger partial charge in [-0.2, -0.15) is 0 Å². The van der Waals surface area contributed by atoms with Gasteiger partial charge in [-0.15, -0.1) is 0 Å². The van der Waals surface area contributed by atoms with Gasteiger partial charge in [0.15, 0.2) is 0 Å². The summed E-state index contributed by atoms with van der Waals surface area (Å²) in [7, 11) is 1.99. The molecule has 22 heavy (non-hydrogen) atoms. The van der Waals surface area contributed by atoms with E-state index in [1.54, 1.807) is 0 Å². The zero-order chi connectivity index (χ0) is 15.1. The van der Waals surface area contributed by atoms with E-state index >= 15 is 0 Å². The fraction of sp³-hybridized carbons (Fsp3) is 0.211. The van der Waals surface area contributed by atoms with Crippen molar-refractivity contribution in [2.75, 3.05) is 6.54 Å². The van der Waals surface area contributed by atoms with Crippen LogP contribution in [0.3, 0.4) is 0 Å². The van der Waals surface area contributed by atoms with E-state index in [1.165, 1.54) is 11.1 Å². The number of nitrogens with zero attached hydrogens (tertiary/aromatic N) is 2. The maximum Gasteiger partial charge on any atom is 0.256 e. The molecule has 0 atom stereocenters. The van der Waals surface area contributed by atoms with Crippen molar-refractivity contribution < 1.29 is 4.79 Å². The average Bonchev–Trinajstić information content (AvgIpc) is 2.91. The van der Waals surface area contributed by atoms with Gasteiger partial charge in [-0.25, -0.2) is 0 Å². The van der Waals surface area contributed by atoms with E-state index in [9.17, 15) is 4.79 Å². The third kappa shape index (κ3) is 2.01. The molecular weight excluding hydrogens is 272 g/mol. The SMILES string of the molecule is Cn1cc(C(=O)N2CCc3ccccc3C2)c2ccccc21. The van der Waals surface area contributed by atoms with Gasteiger partial charge in [0.2, 0.25) is 0 Å². The van der Waals surface area contributed by atoms with Crippen LogP contribution in [-0.2, 0) is 20.0 Å². The van der Waals surface area contributed by atoms with Gasteiger partial charge in [0.1, 0.15) is 0 Å². The topological polar surface area (TPSA) is 25.2 Å². The van der Waals surface area contributed by atoms with Crippen LogP contribution in [0.15, 0.2) is 54.7 Å². The Hall–Kier alpha value is -2.55. The lowest BCUT2D eigenvalue weighted by atomic mass is 9.99. The van der Waals surface area contributed by atoms with Crippen molar-refractivity contribution in [2.24, 2.45) is 7.05 Å². The fourth-order valence-corrected chi connectivity index (χ4v) is 3.35. The van der Waals surface area contributed by atoms with Gasteiger partial charge in [-0.05, 0) is 23.6 Å². The maximum atomic E-state index is 12.9. The van der Waals surface area contributed by atoms with Crippen LogP contribution in [0, 0.1) is 0 Å². The highest BCUT2D eigenvalue weighted by molar-refractivity contribution is 6.07. The van der Waals surface area contributed by atoms with E-state index in [2.05, 4.69) is 24.3 Å². The summed E-state index contributed by atoms with van der Waals surface area (Å²) >= 11 is 0. The maximum absolute atomic E-state index is 12.9. The lowest BCUT2D eigenvalue weighted by Crippen LogP contribution is -2.35. The van der Waals surface area contributed by atoms with Gasteiger partial charge in [0.05, 0.1) is 5.56 Å². The molecule has 0 fully saturated rings. The predicted molar refractivity (Wildman–Crippen MR) is 87.8 cm³/mol. The molecular formula is C19H18N2O. The monoisotopic (exact) mass is 290 g/mol. The van der Waals surface area contributed by atoms with Crippen LogP contribution in [0.1, 0.15) is 21.5 Å². The minimum Gasteiger partial charge on any atom is -0.350 e. The molecule has 0 radical (unpaired) electrons. The molecule has 0 bridgehead atoms. The zero-order valence-corrected chi connectivity index (χ0v) is 12.6. The summed E-state index contributed by atoms with van der Waals surface area (Å²) in [6.45, 7) is 1.50. The lowest BCUT2D eigenvalue weighted by molar-refractivity contribution is 0.0736. The second-order valence-electron chi connectivity index (χ2n) is 5.92. The summed E-state index contributed by atoms with van der Waals surface area (Å²) in [4.78, 5) is 14.9. The molecule has 0 spiro atoms. The van der Waals surface area contributed by atoms with Crippen molar-refractivity contribution in [3.8, 4) is 0 Å². The smallest absolute Gasteiger partial charge is 0.256 e. The molecule has 3 aromatic rings. The summed E-state index contributed by atoms with van der Waals surface area (Å²) < 4.78 is 2.03. The Morgan fingerprint density at radius 2 is 1.73 bits per heavy atom. The van der Waals surface area contributed by atoms with Crippen molar-refractivity contribution in [1.29, 1.82) is 0 Å². The Balaban J connectivity index is 1.70. The van der Waals surface area contributed by atoms with Gasteiger partial charge in [0, 0.05) is 37.2 Å². The van der Waals surface area contributed by atoms with E-state index < -0.39 is 0 Å². The van der Waals surface area contributed by atoms with Crippen molar-refractivity contribution >= 4 is 16.8 Å². The van der Waals surface area contributed by atoms with Crippen LogP contribution in [0.25, 0.3) is 10.9 Å². The highest BCUT2D eigenvalue weighted by Gasteiger charge is 2.23. The molecule has 0 saturated carbocycles. The summed E-state index contributed by atoms with van der Waals surface area (Å²) in [6, 6.07) is 16.5. The standard InChI is InChI=1S/C19H18N2O/c1-20-13-17(16-8-4-5-9-18(16)20)19(22)21-11-10-14-6-2-3-7-15(14)12-21/h2-9,13H,10-12H2,1H3. The Labute approximate surface area is 129 Å². The van der Waals surface area contributed by atoms with Gasteiger partial charge in [-0.3, -0.25) is 4.79 Å². The van der Waals surface area contributed by atoms with Crippen LogP contribution >= 0.6 is 0 Å². The Bertz CT molecular complexity index is 863. The predicted octanol–water partition coefficient (Wildman–Crippen LogP) is 3.38. The normalized spacial score (nSPS) is 14.1. The summed E-state index contributed by atoms with van der Waals surface area (Å²) in [5, 5.41) is 1.04. The molecule has 2 aromatic carbocycles. The second kappa shape index (κ2) is 5.02. The molecule has 0 N–H and O–H groups in total. The van der Waals surface area contributed by atoms with E-state index in [0.717, 1.165) is 29.4 Å². The van der Waals surface area contributed by atoms with Gasteiger partial charge in [0.25, 0.3) is 5.91 Å². The van der Waals surface area contributed by atoms with Crippen LogP contribution in [-0.4, -0.2) is 21.9 Å². The molecule has 1 aliphatic heterocycles. The van der Waals surface area contributed by atoms with Crippen molar-refractivity contribution in [3.63, 3.8) is 0 Å². The number of amides is 1. The average molecular weight is 290 g/mol. The Kier molecular flexibility index (Phi) is 3.00. The van der Waals surface area contributed by atoms with E-state index in [1.807, 2.05) is 47.0 Å². The molecule has 1 aromatic heterocycles. The molecule has 3 nitrogen and oxygen atoms in total. The van der Waals surface area contributed by atoms with Crippen LogP contribution in [0.4, 0.5) is 0 Å². The van der Waals surface area contributed by atoms with Gasteiger partial charge in [-0.1, -0.05) is 42.5 Å². The number of hydrogen-bond donors (Lipinski definition) is 0. The highest BCUT2D eigenvalue weighted by atomic mass is 16.2.